The summed E-state index contributed by atoms with van der Waals surface area (Å²) in [5.74, 6) is 0.684. The van der Waals surface area contributed by atoms with Gasteiger partial charge in [-0.05, 0) is 37.3 Å². The molecule has 6 nitrogen and oxygen atoms in total. The maximum Gasteiger partial charge on any atom is 0.309 e. The molecule has 0 radical (unpaired) electrons. The van der Waals surface area contributed by atoms with Gasteiger partial charge in [0.2, 0.25) is 5.78 Å². The number of aromatic nitrogens is 1. The van der Waals surface area contributed by atoms with E-state index in [9.17, 15) is 9.59 Å². The Balaban J connectivity index is 1.42. The number of carbonyl (C=O) groups excluding carboxylic acids is 2. The molecule has 27 heavy (non-hydrogen) atoms. The number of aromatic amines is 1. The number of nitrogens with one attached hydrogen (secondary N) is 1. The molecule has 0 aliphatic heterocycles. The monoisotopic (exact) mass is 367 g/mol. The SMILES string of the molecule is CCOc1ccc(OCCC(=O)OCC(=O)c2c[nH]c3ccccc23)cc1. The molecule has 3 aromatic rings. The van der Waals surface area contributed by atoms with Crippen LogP contribution in [0.15, 0.2) is 54.7 Å². The first-order valence-electron chi connectivity index (χ1n) is 8.78. The summed E-state index contributed by atoms with van der Waals surface area (Å²) in [6, 6.07) is 14.6. The highest BCUT2D eigenvalue weighted by atomic mass is 16.5. The number of Topliss-reactive ketones (excluding diaryl/α,β-unsaturated/α-hetero) is 1. The highest BCUT2D eigenvalue weighted by Gasteiger charge is 2.14. The summed E-state index contributed by atoms with van der Waals surface area (Å²) in [5.41, 5.74) is 1.39. The Morgan fingerprint density at radius 1 is 0.963 bits per heavy atom. The highest BCUT2D eigenvalue weighted by Crippen LogP contribution is 2.19. The summed E-state index contributed by atoms with van der Waals surface area (Å²) >= 11 is 0. The normalized spacial score (nSPS) is 10.6. The van der Waals surface area contributed by atoms with E-state index in [0.717, 1.165) is 16.7 Å². The summed E-state index contributed by atoms with van der Waals surface area (Å²) < 4.78 is 15.9. The van der Waals surface area contributed by atoms with Crippen molar-refractivity contribution in [3.05, 3.63) is 60.3 Å². The predicted molar refractivity (Wildman–Crippen MR) is 101 cm³/mol. The molecular formula is C21H21NO5. The molecule has 0 aliphatic rings. The highest BCUT2D eigenvalue weighted by molar-refractivity contribution is 6.08. The second-order valence-corrected chi connectivity index (χ2v) is 5.83. The number of hydrogen-bond acceptors (Lipinski definition) is 5. The lowest BCUT2D eigenvalue weighted by molar-refractivity contribution is -0.143. The Morgan fingerprint density at radius 2 is 1.67 bits per heavy atom. The third kappa shape index (κ3) is 4.88. The van der Waals surface area contributed by atoms with Crippen LogP contribution in [-0.2, 0) is 9.53 Å². The number of benzene rings is 2. The number of hydrogen-bond donors (Lipinski definition) is 1. The van der Waals surface area contributed by atoms with Crippen LogP contribution in [0, 0.1) is 0 Å². The number of carbonyl (C=O) groups is 2. The third-order valence-electron chi connectivity index (χ3n) is 3.96. The molecule has 1 aromatic heterocycles. The van der Waals surface area contributed by atoms with Crippen LogP contribution in [0.4, 0.5) is 0 Å². The summed E-state index contributed by atoms with van der Waals surface area (Å²) in [5, 5.41) is 0.817. The zero-order valence-electron chi connectivity index (χ0n) is 15.1. The van der Waals surface area contributed by atoms with E-state index in [4.69, 9.17) is 14.2 Å². The number of fused-ring (bicyclic) bond motifs is 1. The van der Waals surface area contributed by atoms with Crippen molar-refractivity contribution in [3.63, 3.8) is 0 Å². The van der Waals surface area contributed by atoms with Crippen molar-refractivity contribution in [2.24, 2.45) is 0 Å². The average molecular weight is 367 g/mol. The smallest absolute Gasteiger partial charge is 0.309 e. The number of rotatable bonds is 9. The van der Waals surface area contributed by atoms with Gasteiger partial charge in [0.25, 0.3) is 0 Å². The summed E-state index contributed by atoms with van der Waals surface area (Å²) in [4.78, 5) is 27.1. The van der Waals surface area contributed by atoms with E-state index in [1.54, 1.807) is 30.5 Å². The zero-order chi connectivity index (χ0) is 19.1. The first-order chi connectivity index (χ1) is 13.2. The van der Waals surface area contributed by atoms with Gasteiger partial charge in [0.15, 0.2) is 6.61 Å². The van der Waals surface area contributed by atoms with Gasteiger partial charge in [-0.3, -0.25) is 9.59 Å². The maximum absolute atomic E-state index is 12.3. The van der Waals surface area contributed by atoms with Crippen LogP contribution in [0.1, 0.15) is 23.7 Å². The van der Waals surface area contributed by atoms with E-state index in [-0.39, 0.29) is 25.4 Å². The number of para-hydroxylation sites is 1. The lowest BCUT2D eigenvalue weighted by Gasteiger charge is -2.08. The van der Waals surface area contributed by atoms with Crippen LogP contribution < -0.4 is 9.47 Å². The number of esters is 1. The number of H-pyrrole nitrogens is 1. The van der Waals surface area contributed by atoms with Crippen molar-refractivity contribution in [2.45, 2.75) is 13.3 Å². The Hall–Kier alpha value is -3.28. The quantitative estimate of drug-likeness (QED) is 0.460. The Morgan fingerprint density at radius 3 is 2.41 bits per heavy atom. The van der Waals surface area contributed by atoms with Crippen LogP contribution in [0.25, 0.3) is 10.9 Å². The average Bonchev–Trinajstić information content (AvgIpc) is 3.12. The van der Waals surface area contributed by atoms with Gasteiger partial charge in [-0.2, -0.15) is 0 Å². The van der Waals surface area contributed by atoms with E-state index in [0.29, 0.717) is 17.9 Å². The molecule has 0 saturated heterocycles. The minimum Gasteiger partial charge on any atom is -0.494 e. The molecule has 1 heterocycles. The second-order valence-electron chi connectivity index (χ2n) is 5.83. The summed E-state index contributed by atoms with van der Waals surface area (Å²) in [7, 11) is 0. The van der Waals surface area contributed by atoms with Gasteiger partial charge < -0.3 is 19.2 Å². The van der Waals surface area contributed by atoms with E-state index in [1.165, 1.54) is 0 Å². The van der Waals surface area contributed by atoms with Gasteiger partial charge in [-0.25, -0.2) is 0 Å². The fourth-order valence-electron chi connectivity index (χ4n) is 2.65. The second kappa shape index (κ2) is 8.89. The Bertz CT molecular complexity index is 914. The predicted octanol–water partition coefficient (Wildman–Crippen LogP) is 3.76. The zero-order valence-corrected chi connectivity index (χ0v) is 15.1. The lowest BCUT2D eigenvalue weighted by Crippen LogP contribution is -2.16. The molecule has 0 amide bonds. The number of ketones is 1. The number of ether oxygens (including phenoxy) is 3. The summed E-state index contributed by atoms with van der Waals surface area (Å²) in [6.07, 6.45) is 1.70. The molecule has 0 fully saturated rings. The molecule has 0 bridgehead atoms. The van der Waals surface area contributed by atoms with Crippen LogP contribution in [0.5, 0.6) is 11.5 Å². The molecule has 0 spiro atoms. The van der Waals surface area contributed by atoms with Gasteiger partial charge in [0.05, 0.1) is 19.6 Å². The lowest BCUT2D eigenvalue weighted by atomic mass is 10.1. The standard InChI is InChI=1S/C21H21NO5/c1-2-25-15-7-9-16(10-8-15)26-12-11-21(24)27-14-20(23)18-13-22-19-6-4-3-5-17(18)19/h3-10,13,22H,2,11-12,14H2,1H3. The molecule has 0 saturated carbocycles. The van der Waals surface area contributed by atoms with Crippen molar-refractivity contribution in [3.8, 4) is 11.5 Å². The molecule has 0 atom stereocenters. The van der Waals surface area contributed by atoms with Crippen molar-refractivity contribution in [1.82, 2.24) is 4.98 Å². The van der Waals surface area contributed by atoms with E-state index < -0.39 is 5.97 Å². The van der Waals surface area contributed by atoms with Gasteiger partial charge >= 0.3 is 5.97 Å². The molecule has 140 valence electrons. The Kier molecular flexibility index (Phi) is 6.10. The molecule has 0 unspecified atom stereocenters. The molecular weight excluding hydrogens is 346 g/mol. The van der Waals surface area contributed by atoms with Gasteiger partial charge in [0.1, 0.15) is 11.5 Å². The van der Waals surface area contributed by atoms with Crippen LogP contribution >= 0.6 is 0 Å². The van der Waals surface area contributed by atoms with Crippen LogP contribution in [-0.4, -0.2) is 36.6 Å². The minimum absolute atomic E-state index is 0.0639. The van der Waals surface area contributed by atoms with Crippen molar-refractivity contribution < 1.29 is 23.8 Å². The first-order valence-corrected chi connectivity index (χ1v) is 8.78. The topological polar surface area (TPSA) is 77.6 Å². The molecule has 0 aliphatic carbocycles. The van der Waals surface area contributed by atoms with E-state index in [1.807, 2.05) is 31.2 Å². The minimum atomic E-state index is -0.478. The fraction of sp³-hybridized carbons (Fsp3) is 0.238. The Labute approximate surface area is 157 Å². The van der Waals surface area contributed by atoms with Crippen molar-refractivity contribution >= 4 is 22.7 Å². The van der Waals surface area contributed by atoms with Crippen LogP contribution in [0.2, 0.25) is 0 Å². The molecule has 2 aromatic carbocycles. The summed E-state index contributed by atoms with van der Waals surface area (Å²) in [6.45, 7) is 2.40. The largest absolute Gasteiger partial charge is 0.494 e. The fourth-order valence-corrected chi connectivity index (χ4v) is 2.65. The first kappa shape index (κ1) is 18.5. The van der Waals surface area contributed by atoms with Crippen LogP contribution in [0.3, 0.4) is 0 Å². The van der Waals surface area contributed by atoms with Crippen molar-refractivity contribution in [1.29, 1.82) is 0 Å². The molecule has 3 rings (SSSR count). The van der Waals surface area contributed by atoms with Gasteiger partial charge in [-0.1, -0.05) is 18.2 Å². The van der Waals surface area contributed by atoms with Gasteiger partial charge in [0, 0.05) is 22.7 Å². The molecule has 1 N–H and O–H groups in total. The third-order valence-corrected chi connectivity index (χ3v) is 3.96. The maximum atomic E-state index is 12.3. The van der Waals surface area contributed by atoms with Gasteiger partial charge in [-0.15, -0.1) is 0 Å². The van der Waals surface area contributed by atoms with E-state index >= 15 is 0 Å². The molecule has 6 heteroatoms. The van der Waals surface area contributed by atoms with E-state index in [2.05, 4.69) is 4.98 Å². The van der Waals surface area contributed by atoms with Crippen molar-refractivity contribution in [2.75, 3.05) is 19.8 Å².